The number of rotatable bonds is 7. The molecule has 1 amide bonds. The number of carbonyl (C=O) groups excluding carboxylic acids is 2. The van der Waals surface area contributed by atoms with Crippen LogP contribution in [-0.4, -0.2) is 34.0 Å². The van der Waals surface area contributed by atoms with Crippen molar-refractivity contribution in [1.82, 2.24) is 4.98 Å². The summed E-state index contributed by atoms with van der Waals surface area (Å²) in [7, 11) is 0. The molecule has 0 fully saturated rings. The van der Waals surface area contributed by atoms with E-state index in [9.17, 15) is 19.5 Å². The number of esters is 1. The summed E-state index contributed by atoms with van der Waals surface area (Å²) in [5.74, 6) is -1.97. The molecule has 2 N–H and O–H groups in total. The number of carboxylic acid groups (broad SMARTS) is 1. The van der Waals surface area contributed by atoms with Crippen molar-refractivity contribution in [1.29, 1.82) is 0 Å². The molecular formula is C29H22N2O6. The topological polar surface area (TPSA) is 119 Å². The van der Waals surface area contributed by atoms with Crippen molar-refractivity contribution in [3.05, 3.63) is 96.1 Å². The van der Waals surface area contributed by atoms with Gasteiger partial charge in [-0.1, -0.05) is 49.4 Å². The standard InChI is InChI=1S/C29H22N2O6/c1-2-23(26(32)30-19-11-5-10-18(16-19)28(33)34)37-29(35)21-13-7-9-17-8-6-12-20(25(17)21)27-31-22-14-3-4-15-24(22)36-27/h3-16,23H,2H2,1H3,(H,30,32)(H,33,34). The Balaban J connectivity index is 1.45. The molecule has 0 radical (unpaired) electrons. The van der Waals surface area contributed by atoms with E-state index in [0.717, 1.165) is 5.39 Å². The van der Waals surface area contributed by atoms with E-state index in [1.165, 1.54) is 18.2 Å². The van der Waals surface area contributed by atoms with Gasteiger partial charge in [0.05, 0.1) is 11.1 Å². The summed E-state index contributed by atoms with van der Waals surface area (Å²) < 4.78 is 11.6. The molecule has 8 heteroatoms. The lowest BCUT2D eigenvalue weighted by Gasteiger charge is -2.17. The molecule has 5 rings (SSSR count). The number of nitrogens with one attached hydrogen (secondary N) is 1. The number of hydrogen-bond acceptors (Lipinski definition) is 6. The van der Waals surface area contributed by atoms with Crippen LogP contribution in [0.25, 0.3) is 33.3 Å². The average molecular weight is 495 g/mol. The van der Waals surface area contributed by atoms with Crippen LogP contribution in [0, 0.1) is 0 Å². The van der Waals surface area contributed by atoms with Crippen molar-refractivity contribution < 1.29 is 28.6 Å². The Labute approximate surface area is 211 Å². The van der Waals surface area contributed by atoms with Crippen LogP contribution < -0.4 is 5.32 Å². The van der Waals surface area contributed by atoms with Crippen LogP contribution in [0.1, 0.15) is 34.1 Å². The Kier molecular flexibility index (Phi) is 6.38. The van der Waals surface area contributed by atoms with Crippen molar-refractivity contribution in [2.24, 2.45) is 0 Å². The molecule has 0 saturated heterocycles. The lowest BCUT2D eigenvalue weighted by molar-refractivity contribution is -0.124. The van der Waals surface area contributed by atoms with E-state index < -0.39 is 23.9 Å². The Morgan fingerprint density at radius 3 is 2.49 bits per heavy atom. The molecule has 1 heterocycles. The number of anilines is 1. The van der Waals surface area contributed by atoms with Crippen LogP contribution in [0.2, 0.25) is 0 Å². The summed E-state index contributed by atoms with van der Waals surface area (Å²) in [4.78, 5) is 42.0. The smallest absolute Gasteiger partial charge is 0.339 e. The Morgan fingerprint density at radius 2 is 1.73 bits per heavy atom. The van der Waals surface area contributed by atoms with E-state index in [-0.39, 0.29) is 17.5 Å². The third-order valence-corrected chi connectivity index (χ3v) is 5.94. The number of aromatic nitrogens is 1. The molecule has 8 nitrogen and oxygen atoms in total. The van der Waals surface area contributed by atoms with Crippen molar-refractivity contribution >= 4 is 45.4 Å². The van der Waals surface area contributed by atoms with Gasteiger partial charge in [-0.3, -0.25) is 4.79 Å². The van der Waals surface area contributed by atoms with Crippen LogP contribution >= 0.6 is 0 Å². The van der Waals surface area contributed by atoms with Crippen LogP contribution in [0.3, 0.4) is 0 Å². The number of fused-ring (bicyclic) bond motifs is 2. The highest BCUT2D eigenvalue weighted by atomic mass is 16.5. The Morgan fingerprint density at radius 1 is 0.973 bits per heavy atom. The summed E-state index contributed by atoms with van der Waals surface area (Å²) in [5.41, 5.74) is 2.56. The monoisotopic (exact) mass is 494 g/mol. The first-order valence-electron chi connectivity index (χ1n) is 11.7. The predicted molar refractivity (Wildman–Crippen MR) is 138 cm³/mol. The zero-order valence-electron chi connectivity index (χ0n) is 19.8. The van der Waals surface area contributed by atoms with Gasteiger partial charge in [-0.15, -0.1) is 0 Å². The average Bonchev–Trinajstić information content (AvgIpc) is 3.35. The minimum absolute atomic E-state index is 0.0327. The van der Waals surface area contributed by atoms with Crippen LogP contribution in [0.5, 0.6) is 0 Å². The van der Waals surface area contributed by atoms with Crippen molar-refractivity contribution in [3.8, 4) is 11.5 Å². The maximum Gasteiger partial charge on any atom is 0.339 e. The van der Waals surface area contributed by atoms with Gasteiger partial charge in [0, 0.05) is 16.6 Å². The molecule has 1 unspecified atom stereocenters. The van der Waals surface area contributed by atoms with E-state index in [2.05, 4.69) is 10.3 Å². The first-order chi connectivity index (χ1) is 17.9. The number of nitrogens with zero attached hydrogens (tertiary/aromatic N) is 1. The van der Waals surface area contributed by atoms with Gasteiger partial charge < -0.3 is 19.6 Å². The Bertz CT molecular complexity index is 1620. The van der Waals surface area contributed by atoms with E-state index >= 15 is 0 Å². The highest BCUT2D eigenvalue weighted by Crippen LogP contribution is 2.33. The number of para-hydroxylation sites is 2. The highest BCUT2D eigenvalue weighted by molar-refractivity contribution is 6.11. The molecular weight excluding hydrogens is 472 g/mol. The minimum atomic E-state index is -1.11. The third kappa shape index (κ3) is 4.77. The van der Waals surface area contributed by atoms with Gasteiger partial charge in [-0.05, 0) is 54.3 Å². The van der Waals surface area contributed by atoms with E-state index in [1.807, 2.05) is 48.5 Å². The summed E-state index contributed by atoms with van der Waals surface area (Å²) in [6.45, 7) is 1.72. The van der Waals surface area contributed by atoms with Crippen LogP contribution in [0.15, 0.2) is 89.3 Å². The normalized spacial score (nSPS) is 11.8. The number of hydrogen-bond donors (Lipinski definition) is 2. The number of oxazole rings is 1. The molecule has 37 heavy (non-hydrogen) atoms. The zero-order valence-corrected chi connectivity index (χ0v) is 19.8. The molecule has 0 aliphatic rings. The van der Waals surface area contributed by atoms with E-state index in [4.69, 9.17) is 9.15 Å². The SMILES string of the molecule is CCC(OC(=O)c1cccc2cccc(-c3nc4ccccc4o3)c12)C(=O)Nc1cccc(C(=O)O)c1. The molecule has 0 spiro atoms. The number of benzene rings is 4. The van der Waals surface area contributed by atoms with Crippen LogP contribution in [-0.2, 0) is 9.53 Å². The third-order valence-electron chi connectivity index (χ3n) is 5.94. The number of amides is 1. The molecule has 0 bridgehead atoms. The van der Waals surface area contributed by atoms with Crippen molar-refractivity contribution in [2.45, 2.75) is 19.4 Å². The summed E-state index contributed by atoms with van der Waals surface area (Å²) in [5, 5.41) is 13.2. The van der Waals surface area contributed by atoms with Gasteiger partial charge in [0.25, 0.3) is 5.91 Å². The quantitative estimate of drug-likeness (QED) is 0.270. The van der Waals surface area contributed by atoms with Crippen molar-refractivity contribution in [2.75, 3.05) is 5.32 Å². The molecule has 0 aliphatic heterocycles. The predicted octanol–water partition coefficient (Wildman–Crippen LogP) is 5.92. The van der Waals surface area contributed by atoms with E-state index in [0.29, 0.717) is 33.6 Å². The minimum Gasteiger partial charge on any atom is -0.478 e. The van der Waals surface area contributed by atoms with Gasteiger partial charge >= 0.3 is 11.9 Å². The summed E-state index contributed by atoms with van der Waals surface area (Å²) in [6.07, 6.45) is -0.869. The lowest BCUT2D eigenvalue weighted by Crippen LogP contribution is -2.32. The molecule has 184 valence electrons. The number of aromatic carboxylic acids is 1. The fourth-order valence-electron chi connectivity index (χ4n) is 4.14. The zero-order chi connectivity index (χ0) is 25.9. The molecule has 4 aromatic carbocycles. The maximum absolute atomic E-state index is 13.4. The number of carboxylic acids is 1. The summed E-state index contributed by atoms with van der Waals surface area (Å²) in [6, 6.07) is 24.1. The second-order valence-electron chi connectivity index (χ2n) is 8.37. The van der Waals surface area contributed by atoms with Gasteiger partial charge in [0.15, 0.2) is 11.7 Å². The van der Waals surface area contributed by atoms with Gasteiger partial charge in [-0.2, -0.15) is 0 Å². The first-order valence-corrected chi connectivity index (χ1v) is 11.7. The molecule has 0 saturated carbocycles. The Hall–Kier alpha value is -4.98. The first kappa shape index (κ1) is 23.7. The van der Waals surface area contributed by atoms with Gasteiger partial charge in [0.2, 0.25) is 5.89 Å². The highest BCUT2D eigenvalue weighted by Gasteiger charge is 2.25. The number of carbonyl (C=O) groups is 3. The van der Waals surface area contributed by atoms with E-state index in [1.54, 1.807) is 25.1 Å². The molecule has 1 aromatic heterocycles. The maximum atomic E-state index is 13.4. The fourth-order valence-corrected chi connectivity index (χ4v) is 4.14. The molecule has 5 aromatic rings. The second-order valence-corrected chi connectivity index (χ2v) is 8.37. The fraction of sp³-hybridized carbons (Fsp3) is 0.103. The molecule has 0 aliphatic carbocycles. The largest absolute Gasteiger partial charge is 0.478 e. The summed E-state index contributed by atoms with van der Waals surface area (Å²) >= 11 is 0. The van der Waals surface area contributed by atoms with Gasteiger partial charge in [0.1, 0.15) is 5.52 Å². The molecule has 1 atom stereocenters. The lowest BCUT2D eigenvalue weighted by atomic mass is 9.99. The van der Waals surface area contributed by atoms with Crippen LogP contribution in [0.4, 0.5) is 5.69 Å². The van der Waals surface area contributed by atoms with Gasteiger partial charge in [-0.25, -0.2) is 14.6 Å². The second kappa shape index (κ2) is 9.94. The number of ether oxygens (including phenoxy) is 1. The van der Waals surface area contributed by atoms with Crippen molar-refractivity contribution in [3.63, 3.8) is 0 Å².